The molecular formula is C8H12N2O2S. The molecule has 5 heteroatoms. The lowest BCUT2D eigenvalue weighted by molar-refractivity contribution is 0.587. The van der Waals surface area contributed by atoms with Gasteiger partial charge in [-0.3, -0.25) is 0 Å². The SMILES string of the molecule is NS(=O)(=O)C1CNC2=C1CCC=C2. The number of allylic oxidation sites excluding steroid dienone is 2. The van der Waals surface area contributed by atoms with Crippen LogP contribution in [0.1, 0.15) is 12.8 Å². The summed E-state index contributed by atoms with van der Waals surface area (Å²) in [6, 6.07) is 0. The summed E-state index contributed by atoms with van der Waals surface area (Å²) in [7, 11) is -3.43. The molecule has 1 aliphatic heterocycles. The van der Waals surface area contributed by atoms with Crippen LogP contribution in [0.3, 0.4) is 0 Å². The van der Waals surface area contributed by atoms with E-state index in [1.54, 1.807) is 0 Å². The molecule has 0 saturated heterocycles. The summed E-state index contributed by atoms with van der Waals surface area (Å²) in [5.74, 6) is 0. The van der Waals surface area contributed by atoms with Gasteiger partial charge in [-0.15, -0.1) is 0 Å². The quantitative estimate of drug-likeness (QED) is 0.618. The van der Waals surface area contributed by atoms with E-state index in [0.717, 1.165) is 24.1 Å². The van der Waals surface area contributed by atoms with Crippen LogP contribution in [0.4, 0.5) is 0 Å². The van der Waals surface area contributed by atoms with Crippen molar-refractivity contribution < 1.29 is 8.42 Å². The Hall–Kier alpha value is -0.810. The molecule has 3 N–H and O–H groups in total. The maximum Gasteiger partial charge on any atom is 0.217 e. The van der Waals surface area contributed by atoms with Crippen molar-refractivity contribution in [2.24, 2.45) is 5.14 Å². The van der Waals surface area contributed by atoms with Crippen molar-refractivity contribution in [3.05, 3.63) is 23.4 Å². The summed E-state index contributed by atoms with van der Waals surface area (Å²) in [5, 5.41) is 7.66. The second-order valence-electron chi connectivity index (χ2n) is 3.34. The van der Waals surface area contributed by atoms with Crippen LogP contribution in [0.2, 0.25) is 0 Å². The van der Waals surface area contributed by atoms with Crippen LogP contribution >= 0.6 is 0 Å². The zero-order valence-corrected chi connectivity index (χ0v) is 7.97. The second-order valence-corrected chi connectivity index (χ2v) is 5.09. The van der Waals surface area contributed by atoms with Gasteiger partial charge in [-0.2, -0.15) is 0 Å². The molecule has 4 nitrogen and oxygen atoms in total. The summed E-state index contributed by atoms with van der Waals surface area (Å²) < 4.78 is 22.3. The molecule has 0 bridgehead atoms. The molecule has 1 heterocycles. The molecule has 1 aliphatic carbocycles. The number of nitrogens with two attached hydrogens (primary N) is 1. The molecule has 0 aromatic heterocycles. The Balaban J connectivity index is 2.37. The monoisotopic (exact) mass is 200 g/mol. The van der Waals surface area contributed by atoms with Crippen LogP contribution in [0.25, 0.3) is 0 Å². The van der Waals surface area contributed by atoms with E-state index < -0.39 is 15.3 Å². The normalized spacial score (nSPS) is 27.3. The van der Waals surface area contributed by atoms with E-state index >= 15 is 0 Å². The van der Waals surface area contributed by atoms with Crippen molar-refractivity contribution in [2.45, 2.75) is 18.1 Å². The Kier molecular flexibility index (Phi) is 1.92. The van der Waals surface area contributed by atoms with Gasteiger partial charge in [-0.05, 0) is 24.5 Å². The molecule has 0 radical (unpaired) electrons. The molecule has 0 aromatic carbocycles. The predicted octanol–water partition coefficient (Wildman–Crippen LogP) is -0.149. The van der Waals surface area contributed by atoms with E-state index in [1.165, 1.54) is 0 Å². The van der Waals surface area contributed by atoms with Gasteiger partial charge in [0, 0.05) is 12.2 Å². The average Bonchev–Trinajstić information content (AvgIpc) is 2.45. The summed E-state index contributed by atoms with van der Waals surface area (Å²) >= 11 is 0. The Labute approximate surface area is 77.6 Å². The fraction of sp³-hybridized carbons (Fsp3) is 0.500. The molecule has 1 atom stereocenters. The Bertz CT molecular complexity index is 381. The van der Waals surface area contributed by atoms with Crippen molar-refractivity contribution >= 4 is 10.0 Å². The van der Waals surface area contributed by atoms with Crippen molar-refractivity contribution in [1.82, 2.24) is 5.32 Å². The fourth-order valence-corrected chi connectivity index (χ4v) is 2.79. The standard InChI is InChI=1S/C8H12N2O2S/c9-13(11,12)8-5-10-7-4-2-1-3-6(7)8/h2,4,8,10H,1,3,5H2,(H2,9,11,12). The molecule has 0 spiro atoms. The van der Waals surface area contributed by atoms with Crippen molar-refractivity contribution in [3.8, 4) is 0 Å². The van der Waals surface area contributed by atoms with Crippen molar-refractivity contribution in [3.63, 3.8) is 0 Å². The summed E-state index contributed by atoms with van der Waals surface area (Å²) in [6.45, 7) is 0.424. The summed E-state index contributed by atoms with van der Waals surface area (Å²) in [4.78, 5) is 0. The minimum atomic E-state index is -3.43. The van der Waals surface area contributed by atoms with Crippen molar-refractivity contribution in [1.29, 1.82) is 0 Å². The Morgan fingerprint density at radius 2 is 2.31 bits per heavy atom. The fourth-order valence-electron chi connectivity index (χ4n) is 1.83. The van der Waals surface area contributed by atoms with Gasteiger partial charge in [0.1, 0.15) is 5.25 Å². The Morgan fingerprint density at radius 3 is 3.00 bits per heavy atom. The van der Waals surface area contributed by atoms with E-state index in [2.05, 4.69) is 5.32 Å². The molecule has 1 unspecified atom stereocenters. The highest BCUT2D eigenvalue weighted by atomic mass is 32.2. The van der Waals surface area contributed by atoms with Crippen LogP contribution < -0.4 is 10.5 Å². The van der Waals surface area contributed by atoms with Crippen LogP contribution in [-0.4, -0.2) is 20.2 Å². The minimum absolute atomic E-state index is 0.424. The van der Waals surface area contributed by atoms with Gasteiger partial charge in [0.2, 0.25) is 10.0 Å². The smallest absolute Gasteiger partial charge is 0.217 e. The zero-order valence-electron chi connectivity index (χ0n) is 7.16. The number of rotatable bonds is 1. The lowest BCUT2D eigenvalue weighted by atomic mass is 10.0. The molecule has 0 amide bonds. The number of nitrogens with one attached hydrogen (secondary N) is 1. The minimum Gasteiger partial charge on any atom is -0.383 e. The third-order valence-electron chi connectivity index (χ3n) is 2.47. The highest BCUT2D eigenvalue weighted by molar-refractivity contribution is 7.90. The van der Waals surface area contributed by atoms with Crippen LogP contribution in [0, 0.1) is 0 Å². The van der Waals surface area contributed by atoms with Crippen molar-refractivity contribution in [2.75, 3.05) is 6.54 Å². The maximum atomic E-state index is 11.2. The first-order chi connectivity index (χ1) is 6.09. The Morgan fingerprint density at radius 1 is 1.54 bits per heavy atom. The highest BCUT2D eigenvalue weighted by Crippen LogP contribution is 2.27. The molecule has 2 aliphatic rings. The topological polar surface area (TPSA) is 72.2 Å². The van der Waals surface area contributed by atoms with Gasteiger partial charge in [0.05, 0.1) is 0 Å². The van der Waals surface area contributed by atoms with E-state index in [9.17, 15) is 8.42 Å². The number of hydrogen-bond donors (Lipinski definition) is 2. The van der Waals surface area contributed by atoms with Gasteiger partial charge in [0.15, 0.2) is 0 Å². The van der Waals surface area contributed by atoms with Gasteiger partial charge in [0.25, 0.3) is 0 Å². The highest BCUT2D eigenvalue weighted by Gasteiger charge is 2.32. The van der Waals surface area contributed by atoms with Gasteiger partial charge in [-0.1, -0.05) is 6.08 Å². The third-order valence-corrected chi connectivity index (χ3v) is 3.72. The van der Waals surface area contributed by atoms with E-state index in [1.807, 2.05) is 12.2 Å². The first-order valence-corrected chi connectivity index (χ1v) is 5.85. The molecule has 72 valence electrons. The molecule has 2 rings (SSSR count). The number of hydrogen-bond acceptors (Lipinski definition) is 3. The molecular weight excluding hydrogens is 188 g/mol. The van der Waals surface area contributed by atoms with Gasteiger partial charge in [-0.25, -0.2) is 13.6 Å². The van der Waals surface area contributed by atoms with Crippen LogP contribution in [0.5, 0.6) is 0 Å². The summed E-state index contributed by atoms with van der Waals surface area (Å²) in [5.41, 5.74) is 1.90. The third kappa shape index (κ3) is 1.49. The first kappa shape index (κ1) is 8.77. The average molecular weight is 200 g/mol. The van der Waals surface area contributed by atoms with E-state index in [0.29, 0.717) is 6.54 Å². The zero-order chi connectivity index (χ0) is 9.47. The van der Waals surface area contributed by atoms with Crippen LogP contribution in [0.15, 0.2) is 23.4 Å². The lowest BCUT2D eigenvalue weighted by Crippen LogP contribution is -2.32. The van der Waals surface area contributed by atoms with Gasteiger partial charge < -0.3 is 5.32 Å². The van der Waals surface area contributed by atoms with E-state index in [-0.39, 0.29) is 0 Å². The number of sulfonamides is 1. The van der Waals surface area contributed by atoms with Gasteiger partial charge >= 0.3 is 0 Å². The molecule has 13 heavy (non-hydrogen) atoms. The lowest BCUT2D eigenvalue weighted by Gasteiger charge is -2.12. The largest absolute Gasteiger partial charge is 0.383 e. The summed E-state index contributed by atoms with van der Waals surface area (Å²) in [6.07, 6.45) is 5.69. The molecule has 0 saturated carbocycles. The number of primary sulfonamides is 1. The first-order valence-electron chi connectivity index (χ1n) is 4.24. The molecule has 0 fully saturated rings. The predicted molar refractivity (Wildman–Crippen MR) is 50.3 cm³/mol. The van der Waals surface area contributed by atoms with Crippen LogP contribution in [-0.2, 0) is 10.0 Å². The van der Waals surface area contributed by atoms with E-state index in [4.69, 9.17) is 5.14 Å². The maximum absolute atomic E-state index is 11.2. The second kappa shape index (κ2) is 2.85. The molecule has 0 aromatic rings.